The van der Waals surface area contributed by atoms with Crippen molar-refractivity contribution in [2.75, 3.05) is 13.2 Å². The fourth-order valence-corrected chi connectivity index (χ4v) is 1.50. The molecule has 0 saturated carbocycles. The molecular weight excluding hydrogens is 226 g/mol. The molecule has 1 aromatic rings. The summed E-state index contributed by atoms with van der Waals surface area (Å²) in [7, 11) is 0. The van der Waals surface area contributed by atoms with E-state index in [2.05, 4.69) is 11.2 Å². The number of amides is 1. The lowest BCUT2D eigenvalue weighted by molar-refractivity contribution is -0.122. The summed E-state index contributed by atoms with van der Waals surface area (Å²) in [6, 6.07) is 5.65. The number of hydrogen-bond acceptors (Lipinski definition) is 2. The summed E-state index contributed by atoms with van der Waals surface area (Å²) < 4.78 is 5.47. The van der Waals surface area contributed by atoms with Crippen LogP contribution < -0.4 is 10.1 Å². The average molecular weight is 243 g/mol. The molecule has 0 aliphatic carbocycles. The van der Waals surface area contributed by atoms with Crippen molar-refractivity contribution in [2.24, 2.45) is 0 Å². The van der Waals surface area contributed by atoms with E-state index in [9.17, 15) is 4.79 Å². The minimum absolute atomic E-state index is 0.0248. The van der Waals surface area contributed by atoms with Gasteiger partial charge in [0.25, 0.3) is 5.91 Å². The van der Waals surface area contributed by atoms with Crippen LogP contribution in [0.4, 0.5) is 0 Å². The number of nitrogens with one attached hydrogen (secondary N) is 1. The Kier molecular flexibility index (Phi) is 5.53. The van der Waals surface area contributed by atoms with Crippen LogP contribution >= 0.6 is 0 Å². The number of benzene rings is 1. The molecule has 0 heterocycles. The molecule has 0 aliphatic heterocycles. The molecule has 3 heteroatoms. The summed E-state index contributed by atoms with van der Waals surface area (Å²) in [5.41, 5.74) is 1.95. The van der Waals surface area contributed by atoms with Crippen molar-refractivity contribution in [2.45, 2.75) is 13.8 Å². The van der Waals surface area contributed by atoms with Gasteiger partial charge in [0.1, 0.15) is 5.75 Å². The summed E-state index contributed by atoms with van der Waals surface area (Å²) in [6.07, 6.45) is 8.65. The predicted octanol–water partition coefficient (Wildman–Crippen LogP) is 2.16. The maximum atomic E-state index is 11.3. The van der Waals surface area contributed by atoms with Gasteiger partial charge in [-0.25, -0.2) is 0 Å². The summed E-state index contributed by atoms with van der Waals surface area (Å²) >= 11 is 0. The molecule has 0 radical (unpaired) electrons. The lowest BCUT2D eigenvalue weighted by Crippen LogP contribution is -2.28. The zero-order valence-corrected chi connectivity index (χ0v) is 10.7. The molecule has 3 nitrogen and oxygen atoms in total. The largest absolute Gasteiger partial charge is 0.483 e. The van der Waals surface area contributed by atoms with E-state index in [0.717, 1.165) is 11.1 Å². The van der Waals surface area contributed by atoms with Crippen LogP contribution in [0.1, 0.15) is 18.1 Å². The van der Waals surface area contributed by atoms with Gasteiger partial charge >= 0.3 is 0 Å². The fourth-order valence-electron chi connectivity index (χ4n) is 1.50. The van der Waals surface area contributed by atoms with Gasteiger partial charge in [0.2, 0.25) is 0 Å². The van der Waals surface area contributed by atoms with Crippen LogP contribution in [0, 0.1) is 19.3 Å². The molecule has 0 unspecified atom stereocenters. The SMILES string of the molecule is C#C/C=C\c1cccc(OCC(=O)NCC)c1C. The summed E-state index contributed by atoms with van der Waals surface area (Å²) in [5.74, 6) is 3.02. The molecule has 1 N–H and O–H groups in total. The molecule has 1 aromatic carbocycles. The molecule has 94 valence electrons. The number of ether oxygens (including phenoxy) is 1. The first-order valence-corrected chi connectivity index (χ1v) is 5.80. The monoisotopic (exact) mass is 243 g/mol. The van der Waals surface area contributed by atoms with Crippen molar-refractivity contribution in [1.82, 2.24) is 5.32 Å². The maximum absolute atomic E-state index is 11.3. The van der Waals surface area contributed by atoms with E-state index in [1.165, 1.54) is 0 Å². The number of rotatable bonds is 5. The maximum Gasteiger partial charge on any atom is 0.257 e. The van der Waals surface area contributed by atoms with Crippen LogP contribution in [0.3, 0.4) is 0 Å². The Balaban J connectivity index is 2.75. The molecule has 18 heavy (non-hydrogen) atoms. The summed E-state index contributed by atoms with van der Waals surface area (Å²) in [6.45, 7) is 4.43. The Bertz CT molecular complexity index is 484. The van der Waals surface area contributed by atoms with Crippen LogP contribution in [-0.2, 0) is 4.79 Å². The lowest BCUT2D eigenvalue weighted by atomic mass is 10.1. The third-order valence-electron chi connectivity index (χ3n) is 2.42. The second kappa shape index (κ2) is 7.18. The minimum Gasteiger partial charge on any atom is -0.483 e. The number of terminal acetylenes is 1. The van der Waals surface area contributed by atoms with Crippen LogP contribution in [-0.4, -0.2) is 19.1 Å². The molecular formula is C15H17NO2. The minimum atomic E-state index is -0.124. The number of carbonyl (C=O) groups is 1. The van der Waals surface area contributed by atoms with Crippen molar-refractivity contribution in [3.63, 3.8) is 0 Å². The Morgan fingerprint density at radius 3 is 3.00 bits per heavy atom. The Labute approximate surface area is 108 Å². The molecule has 0 aliphatic rings. The van der Waals surface area contributed by atoms with Crippen LogP contribution in [0.5, 0.6) is 5.75 Å². The first-order chi connectivity index (χ1) is 8.69. The Morgan fingerprint density at radius 1 is 1.56 bits per heavy atom. The van der Waals surface area contributed by atoms with Crippen molar-refractivity contribution in [3.8, 4) is 18.1 Å². The van der Waals surface area contributed by atoms with Gasteiger partial charge in [0, 0.05) is 6.54 Å². The second-order valence-corrected chi connectivity index (χ2v) is 3.71. The molecule has 0 aromatic heterocycles. The second-order valence-electron chi connectivity index (χ2n) is 3.71. The topological polar surface area (TPSA) is 38.3 Å². The highest BCUT2D eigenvalue weighted by atomic mass is 16.5. The molecule has 0 saturated heterocycles. The standard InChI is InChI=1S/C15H17NO2/c1-4-6-8-13-9-7-10-14(12(13)3)18-11-15(17)16-5-2/h1,6-10H,5,11H2,2-3H3,(H,16,17)/b8-6-. The van der Waals surface area contributed by atoms with Gasteiger partial charge in [-0.3, -0.25) is 4.79 Å². The first kappa shape index (κ1) is 13.9. The first-order valence-electron chi connectivity index (χ1n) is 5.80. The van der Waals surface area contributed by atoms with Gasteiger partial charge in [-0.05, 0) is 43.2 Å². The predicted molar refractivity (Wildman–Crippen MR) is 73.2 cm³/mol. The summed E-state index contributed by atoms with van der Waals surface area (Å²) in [5, 5.41) is 2.68. The van der Waals surface area contributed by atoms with E-state index in [1.54, 1.807) is 6.08 Å². The van der Waals surface area contributed by atoms with Gasteiger partial charge in [0.15, 0.2) is 6.61 Å². The van der Waals surface area contributed by atoms with Gasteiger partial charge < -0.3 is 10.1 Å². The normalized spacial score (nSPS) is 10.1. The van der Waals surface area contributed by atoms with Gasteiger partial charge in [0.05, 0.1) is 0 Å². The number of allylic oxidation sites excluding steroid dienone is 1. The highest BCUT2D eigenvalue weighted by molar-refractivity contribution is 5.77. The third kappa shape index (κ3) is 3.99. The van der Waals surface area contributed by atoms with E-state index in [4.69, 9.17) is 11.2 Å². The van der Waals surface area contributed by atoms with E-state index in [0.29, 0.717) is 12.3 Å². The molecule has 0 bridgehead atoms. The summed E-state index contributed by atoms with van der Waals surface area (Å²) in [4.78, 5) is 11.3. The van der Waals surface area contributed by atoms with Gasteiger partial charge in [-0.1, -0.05) is 18.1 Å². The lowest BCUT2D eigenvalue weighted by Gasteiger charge is -2.10. The smallest absolute Gasteiger partial charge is 0.257 e. The van der Waals surface area contributed by atoms with Crippen molar-refractivity contribution >= 4 is 12.0 Å². The molecule has 0 spiro atoms. The molecule has 1 amide bonds. The highest BCUT2D eigenvalue weighted by Crippen LogP contribution is 2.22. The Hall–Kier alpha value is -2.21. The van der Waals surface area contributed by atoms with Gasteiger partial charge in [-0.15, -0.1) is 6.42 Å². The van der Waals surface area contributed by atoms with Gasteiger partial charge in [-0.2, -0.15) is 0 Å². The number of hydrogen-bond donors (Lipinski definition) is 1. The quantitative estimate of drug-likeness (QED) is 0.805. The van der Waals surface area contributed by atoms with Crippen LogP contribution in [0.2, 0.25) is 0 Å². The van der Waals surface area contributed by atoms with E-state index in [1.807, 2.05) is 38.1 Å². The number of likely N-dealkylation sites (N-methyl/N-ethyl adjacent to an activating group) is 1. The van der Waals surface area contributed by atoms with E-state index in [-0.39, 0.29) is 12.5 Å². The third-order valence-corrected chi connectivity index (χ3v) is 2.42. The van der Waals surface area contributed by atoms with E-state index >= 15 is 0 Å². The molecule has 1 rings (SSSR count). The molecule has 0 atom stereocenters. The van der Waals surface area contributed by atoms with Crippen molar-refractivity contribution < 1.29 is 9.53 Å². The fraction of sp³-hybridized carbons (Fsp3) is 0.267. The zero-order valence-electron chi connectivity index (χ0n) is 10.7. The van der Waals surface area contributed by atoms with Crippen LogP contribution in [0.15, 0.2) is 24.3 Å². The molecule has 0 fully saturated rings. The van der Waals surface area contributed by atoms with Crippen molar-refractivity contribution in [1.29, 1.82) is 0 Å². The highest BCUT2D eigenvalue weighted by Gasteiger charge is 2.05. The Morgan fingerprint density at radius 2 is 2.33 bits per heavy atom. The van der Waals surface area contributed by atoms with Crippen molar-refractivity contribution in [3.05, 3.63) is 35.4 Å². The van der Waals surface area contributed by atoms with E-state index < -0.39 is 0 Å². The van der Waals surface area contributed by atoms with Crippen LogP contribution in [0.25, 0.3) is 6.08 Å². The average Bonchev–Trinajstić information content (AvgIpc) is 2.36. The number of carbonyl (C=O) groups excluding carboxylic acids is 1. The zero-order chi connectivity index (χ0) is 13.4.